The lowest BCUT2D eigenvalue weighted by atomic mass is 10.00. The van der Waals surface area contributed by atoms with Crippen LogP contribution in [-0.4, -0.2) is 18.8 Å². The van der Waals surface area contributed by atoms with Gasteiger partial charge in [0.15, 0.2) is 17.3 Å². The number of halogens is 1. The number of anilines is 1. The third kappa shape index (κ3) is 2.38. The van der Waals surface area contributed by atoms with Crippen LogP contribution in [-0.2, 0) is 11.2 Å². The zero-order valence-electron chi connectivity index (χ0n) is 11.3. The van der Waals surface area contributed by atoms with Gasteiger partial charge in [-0.05, 0) is 42.0 Å². The first-order valence-electron chi connectivity index (χ1n) is 6.39. The molecule has 1 heterocycles. The minimum atomic E-state index is -0.582. The predicted molar refractivity (Wildman–Crippen MR) is 75.2 cm³/mol. The van der Waals surface area contributed by atoms with E-state index in [1.165, 1.54) is 19.2 Å². The van der Waals surface area contributed by atoms with Gasteiger partial charge in [-0.1, -0.05) is 0 Å². The van der Waals surface area contributed by atoms with Crippen molar-refractivity contribution in [1.82, 2.24) is 0 Å². The maximum absolute atomic E-state index is 13.7. The molecule has 21 heavy (non-hydrogen) atoms. The highest BCUT2D eigenvalue weighted by Gasteiger charge is 2.20. The van der Waals surface area contributed by atoms with Crippen molar-refractivity contribution in [3.05, 3.63) is 58.9 Å². The van der Waals surface area contributed by atoms with Crippen molar-refractivity contribution in [3.63, 3.8) is 0 Å². The summed E-state index contributed by atoms with van der Waals surface area (Å²) in [6, 6.07) is 9.06. The molecule has 3 rings (SSSR count). The van der Waals surface area contributed by atoms with Crippen molar-refractivity contribution in [1.29, 1.82) is 0 Å². The molecule has 0 fully saturated rings. The summed E-state index contributed by atoms with van der Waals surface area (Å²) < 4.78 is 18.5. The first-order valence-corrected chi connectivity index (χ1v) is 6.39. The Bertz CT molecular complexity index is 755. The lowest BCUT2D eigenvalue weighted by Crippen LogP contribution is -2.03. The van der Waals surface area contributed by atoms with Crippen LogP contribution in [0.2, 0.25) is 0 Å². The van der Waals surface area contributed by atoms with Gasteiger partial charge in [0.2, 0.25) is 5.91 Å². The quantitative estimate of drug-likeness (QED) is 0.882. The second-order valence-corrected chi connectivity index (χ2v) is 4.78. The van der Waals surface area contributed by atoms with Gasteiger partial charge in [-0.15, -0.1) is 0 Å². The molecule has 0 atom stereocenters. The molecule has 0 saturated heterocycles. The minimum Gasteiger partial charge on any atom is -0.494 e. The average Bonchev–Trinajstić information content (AvgIpc) is 2.85. The number of carbonyl (C=O) groups is 2. The highest BCUT2D eigenvalue weighted by molar-refractivity contribution is 6.10. The molecule has 0 saturated carbocycles. The van der Waals surface area contributed by atoms with Crippen LogP contribution < -0.4 is 10.1 Å². The second kappa shape index (κ2) is 5.01. The molecule has 2 aromatic carbocycles. The first-order chi connectivity index (χ1) is 10.1. The van der Waals surface area contributed by atoms with Crippen LogP contribution in [0.4, 0.5) is 10.1 Å². The summed E-state index contributed by atoms with van der Waals surface area (Å²) in [5.41, 5.74) is 2.16. The molecule has 0 unspecified atom stereocenters. The summed E-state index contributed by atoms with van der Waals surface area (Å²) in [5.74, 6) is -0.875. The van der Waals surface area contributed by atoms with Gasteiger partial charge < -0.3 is 10.1 Å². The smallest absolute Gasteiger partial charge is 0.228 e. The summed E-state index contributed by atoms with van der Waals surface area (Å²) >= 11 is 0. The van der Waals surface area contributed by atoms with Gasteiger partial charge in [-0.2, -0.15) is 0 Å². The SMILES string of the molecule is COc1ccc(C(=O)c2ccc3c(c2)CC(=O)N3)cc1F. The van der Waals surface area contributed by atoms with E-state index in [2.05, 4.69) is 5.32 Å². The first kappa shape index (κ1) is 13.3. The van der Waals surface area contributed by atoms with E-state index in [-0.39, 0.29) is 29.4 Å². The Hall–Kier alpha value is -2.69. The van der Waals surface area contributed by atoms with Crippen molar-refractivity contribution in [2.24, 2.45) is 0 Å². The Morgan fingerprint density at radius 3 is 2.62 bits per heavy atom. The van der Waals surface area contributed by atoms with E-state index < -0.39 is 5.82 Å². The molecule has 1 N–H and O–H groups in total. The maximum atomic E-state index is 13.7. The molecular formula is C16H12FNO3. The Balaban J connectivity index is 1.94. The zero-order valence-corrected chi connectivity index (χ0v) is 11.3. The van der Waals surface area contributed by atoms with Gasteiger partial charge in [-0.25, -0.2) is 4.39 Å². The number of ether oxygens (including phenoxy) is 1. The highest BCUT2D eigenvalue weighted by atomic mass is 19.1. The van der Waals surface area contributed by atoms with Gasteiger partial charge in [0, 0.05) is 16.8 Å². The van der Waals surface area contributed by atoms with Crippen LogP contribution in [0, 0.1) is 5.82 Å². The molecule has 2 aromatic rings. The molecule has 1 aliphatic rings. The number of ketones is 1. The lowest BCUT2D eigenvalue weighted by Gasteiger charge is -2.06. The maximum Gasteiger partial charge on any atom is 0.228 e. The van der Waals surface area contributed by atoms with Gasteiger partial charge in [0.05, 0.1) is 13.5 Å². The fourth-order valence-corrected chi connectivity index (χ4v) is 2.34. The number of rotatable bonds is 3. The van der Waals surface area contributed by atoms with E-state index >= 15 is 0 Å². The molecule has 0 spiro atoms. The number of methoxy groups -OCH3 is 1. The molecule has 5 heteroatoms. The normalized spacial score (nSPS) is 12.8. The number of benzene rings is 2. The van der Waals surface area contributed by atoms with E-state index in [9.17, 15) is 14.0 Å². The van der Waals surface area contributed by atoms with E-state index in [1.54, 1.807) is 18.2 Å². The second-order valence-electron chi connectivity index (χ2n) is 4.78. The van der Waals surface area contributed by atoms with Gasteiger partial charge in [-0.3, -0.25) is 9.59 Å². The molecule has 1 amide bonds. The number of amides is 1. The molecular weight excluding hydrogens is 273 g/mol. The lowest BCUT2D eigenvalue weighted by molar-refractivity contribution is -0.115. The van der Waals surface area contributed by atoms with Crippen molar-refractivity contribution < 1.29 is 18.7 Å². The number of nitrogens with one attached hydrogen (secondary N) is 1. The van der Waals surface area contributed by atoms with E-state index in [0.29, 0.717) is 5.56 Å². The fraction of sp³-hybridized carbons (Fsp3) is 0.125. The topological polar surface area (TPSA) is 55.4 Å². The molecule has 106 valence electrons. The summed E-state index contributed by atoms with van der Waals surface area (Å²) in [5, 5.41) is 2.70. The highest BCUT2D eigenvalue weighted by Crippen LogP contribution is 2.26. The van der Waals surface area contributed by atoms with Crippen molar-refractivity contribution in [2.75, 3.05) is 12.4 Å². The Labute approximate surface area is 120 Å². The largest absolute Gasteiger partial charge is 0.494 e. The number of hydrogen-bond acceptors (Lipinski definition) is 3. The predicted octanol–water partition coefficient (Wildman–Crippen LogP) is 2.56. The summed E-state index contributed by atoms with van der Waals surface area (Å²) in [7, 11) is 1.37. The van der Waals surface area contributed by atoms with Gasteiger partial charge in [0.1, 0.15) is 0 Å². The summed E-state index contributed by atoms with van der Waals surface area (Å²) in [6.45, 7) is 0. The van der Waals surface area contributed by atoms with Crippen LogP contribution in [0.25, 0.3) is 0 Å². The van der Waals surface area contributed by atoms with E-state index in [0.717, 1.165) is 17.3 Å². The van der Waals surface area contributed by atoms with Crippen LogP contribution in [0.3, 0.4) is 0 Å². The van der Waals surface area contributed by atoms with Crippen LogP contribution in [0.15, 0.2) is 36.4 Å². The zero-order chi connectivity index (χ0) is 15.0. The Morgan fingerprint density at radius 2 is 1.90 bits per heavy atom. The van der Waals surface area contributed by atoms with Gasteiger partial charge >= 0.3 is 0 Å². The number of carbonyl (C=O) groups excluding carboxylic acids is 2. The average molecular weight is 285 g/mol. The number of fused-ring (bicyclic) bond motifs is 1. The Kier molecular flexibility index (Phi) is 3.17. The Morgan fingerprint density at radius 1 is 1.19 bits per heavy atom. The monoisotopic (exact) mass is 285 g/mol. The molecule has 1 aliphatic heterocycles. The number of hydrogen-bond donors (Lipinski definition) is 1. The van der Waals surface area contributed by atoms with Gasteiger partial charge in [0.25, 0.3) is 0 Å². The third-order valence-corrected chi connectivity index (χ3v) is 3.41. The van der Waals surface area contributed by atoms with E-state index in [4.69, 9.17) is 4.74 Å². The summed E-state index contributed by atoms with van der Waals surface area (Å²) in [4.78, 5) is 23.7. The molecule has 0 aliphatic carbocycles. The van der Waals surface area contributed by atoms with Crippen LogP contribution >= 0.6 is 0 Å². The van der Waals surface area contributed by atoms with E-state index in [1.807, 2.05) is 0 Å². The molecule has 0 aromatic heterocycles. The fourth-order valence-electron chi connectivity index (χ4n) is 2.34. The third-order valence-electron chi connectivity index (χ3n) is 3.41. The van der Waals surface area contributed by atoms with Crippen LogP contribution in [0.5, 0.6) is 5.75 Å². The van der Waals surface area contributed by atoms with Crippen LogP contribution in [0.1, 0.15) is 21.5 Å². The molecule has 0 bridgehead atoms. The molecule has 4 nitrogen and oxygen atoms in total. The van der Waals surface area contributed by atoms with Crippen molar-refractivity contribution >= 4 is 17.4 Å². The summed E-state index contributed by atoms with van der Waals surface area (Å²) in [6.07, 6.45) is 0.257. The minimum absolute atomic E-state index is 0.0925. The van der Waals surface area contributed by atoms with Crippen molar-refractivity contribution in [2.45, 2.75) is 6.42 Å². The standard InChI is InChI=1S/C16H12FNO3/c1-21-14-5-3-10(7-12(14)17)16(20)9-2-4-13-11(6-9)8-15(19)18-13/h2-7H,8H2,1H3,(H,18,19). The molecule has 0 radical (unpaired) electrons. The van der Waals surface area contributed by atoms with Crippen molar-refractivity contribution in [3.8, 4) is 5.75 Å².